The second kappa shape index (κ2) is 9.69. The van der Waals surface area contributed by atoms with Gasteiger partial charge >= 0.3 is 0 Å². The molecule has 1 aliphatic heterocycles. The first-order chi connectivity index (χ1) is 14.2. The number of carbonyl (C=O) groups excluding carboxylic acids is 1. The molecule has 1 amide bonds. The average Bonchev–Trinajstić information content (AvgIpc) is 2.72. The quantitative estimate of drug-likeness (QED) is 0.644. The maximum atomic E-state index is 12.9. The Morgan fingerprint density at radius 1 is 1.10 bits per heavy atom. The van der Waals surface area contributed by atoms with E-state index in [4.69, 9.17) is 23.2 Å². The van der Waals surface area contributed by atoms with Crippen molar-refractivity contribution in [3.63, 3.8) is 0 Å². The van der Waals surface area contributed by atoms with Crippen LogP contribution < -0.4 is 5.32 Å². The van der Waals surface area contributed by atoms with E-state index in [0.717, 1.165) is 23.2 Å². The van der Waals surface area contributed by atoms with E-state index in [1.54, 1.807) is 18.2 Å². The summed E-state index contributed by atoms with van der Waals surface area (Å²) in [5.74, 6) is -0.513. The molecule has 2 aromatic carbocycles. The molecule has 1 aliphatic rings. The van der Waals surface area contributed by atoms with Gasteiger partial charge in [0.15, 0.2) is 0 Å². The molecule has 2 aromatic rings. The van der Waals surface area contributed by atoms with Crippen LogP contribution in [-0.4, -0.2) is 31.7 Å². The number of carbonyl (C=O) groups is 1. The van der Waals surface area contributed by atoms with E-state index in [1.807, 2.05) is 25.1 Å². The molecular weight excluding hydrogens is 443 g/mol. The number of sulfonamides is 1. The Morgan fingerprint density at radius 3 is 2.30 bits per heavy atom. The molecule has 162 valence electrons. The summed E-state index contributed by atoms with van der Waals surface area (Å²) in [6, 6.07) is 10.9. The highest BCUT2D eigenvalue weighted by molar-refractivity contribution is 7.88. The monoisotopic (exact) mass is 468 g/mol. The number of amides is 1. The molecule has 0 atom stereocenters. The fourth-order valence-electron chi connectivity index (χ4n) is 3.77. The number of aryl methyl sites for hydroxylation is 2. The maximum Gasteiger partial charge on any atom is 0.227 e. The predicted octanol–water partition coefficient (Wildman–Crippen LogP) is 5.04. The predicted molar refractivity (Wildman–Crippen MR) is 123 cm³/mol. The molecule has 1 fully saturated rings. The summed E-state index contributed by atoms with van der Waals surface area (Å²) in [6.45, 7) is 4.64. The second-order valence-corrected chi connectivity index (χ2v) is 10.4. The Labute approximate surface area is 188 Å². The van der Waals surface area contributed by atoms with Crippen LogP contribution in [0.15, 0.2) is 36.4 Å². The zero-order chi connectivity index (χ0) is 21.9. The summed E-state index contributed by atoms with van der Waals surface area (Å²) >= 11 is 12.3. The van der Waals surface area contributed by atoms with Crippen LogP contribution in [0.1, 0.15) is 36.5 Å². The van der Waals surface area contributed by atoms with Crippen molar-refractivity contribution >= 4 is 44.8 Å². The van der Waals surface area contributed by atoms with E-state index in [-0.39, 0.29) is 17.6 Å². The van der Waals surface area contributed by atoms with Crippen molar-refractivity contribution in [3.8, 4) is 0 Å². The van der Waals surface area contributed by atoms with Gasteiger partial charge in [0.1, 0.15) is 0 Å². The Balaban J connectivity index is 1.64. The van der Waals surface area contributed by atoms with Crippen molar-refractivity contribution in [2.24, 2.45) is 5.92 Å². The number of nitrogens with zero attached hydrogens (tertiary/aromatic N) is 1. The third kappa shape index (κ3) is 5.17. The lowest BCUT2D eigenvalue weighted by Crippen LogP contribution is -2.42. The van der Waals surface area contributed by atoms with Gasteiger partial charge in [0.25, 0.3) is 0 Å². The van der Waals surface area contributed by atoms with Gasteiger partial charge in [0.05, 0.1) is 5.75 Å². The van der Waals surface area contributed by atoms with Crippen molar-refractivity contribution in [1.82, 2.24) is 4.31 Å². The number of nitrogens with one attached hydrogen (secondary N) is 1. The standard InChI is InChI=1S/C22H26Cl2N2O3S/c1-3-16-7-4-6-15(2)21(16)25-22(27)17-10-12-26(13-11-17)30(28,29)14-18-19(23)8-5-9-20(18)24/h4-9,17H,3,10-14H2,1-2H3,(H,25,27). The molecule has 0 aliphatic carbocycles. The number of benzene rings is 2. The molecule has 0 unspecified atom stereocenters. The van der Waals surface area contributed by atoms with E-state index < -0.39 is 10.0 Å². The second-order valence-electron chi connectivity index (χ2n) is 7.58. The molecule has 0 spiro atoms. The van der Waals surface area contributed by atoms with Gasteiger partial charge in [-0.2, -0.15) is 0 Å². The summed E-state index contributed by atoms with van der Waals surface area (Å²) in [4.78, 5) is 12.8. The fourth-order valence-corrected chi connectivity index (χ4v) is 6.08. The van der Waals surface area contributed by atoms with Crippen LogP contribution in [0.5, 0.6) is 0 Å². The van der Waals surface area contributed by atoms with E-state index in [9.17, 15) is 13.2 Å². The number of hydrogen-bond donors (Lipinski definition) is 1. The highest BCUT2D eigenvalue weighted by Crippen LogP contribution is 2.29. The molecule has 0 aromatic heterocycles. The Hall–Kier alpha value is -1.60. The smallest absolute Gasteiger partial charge is 0.227 e. The minimum Gasteiger partial charge on any atom is -0.325 e. The normalized spacial score (nSPS) is 15.9. The SMILES string of the molecule is CCc1cccc(C)c1NC(=O)C1CCN(S(=O)(=O)Cc2c(Cl)cccc2Cl)CC1. The summed E-state index contributed by atoms with van der Waals surface area (Å²) in [6.07, 6.45) is 1.79. The van der Waals surface area contributed by atoms with Gasteiger partial charge in [-0.3, -0.25) is 4.79 Å². The molecule has 0 bridgehead atoms. The molecular formula is C22H26Cl2N2O3S. The average molecular weight is 469 g/mol. The molecule has 1 saturated heterocycles. The van der Waals surface area contributed by atoms with Gasteiger partial charge in [-0.15, -0.1) is 0 Å². The van der Waals surface area contributed by atoms with Crippen molar-refractivity contribution in [2.45, 2.75) is 38.9 Å². The molecule has 30 heavy (non-hydrogen) atoms. The van der Waals surface area contributed by atoms with Crippen LogP contribution >= 0.6 is 23.2 Å². The first-order valence-corrected chi connectivity index (χ1v) is 12.4. The summed E-state index contributed by atoms with van der Waals surface area (Å²) in [7, 11) is -3.57. The first-order valence-electron chi connectivity index (χ1n) is 10.0. The van der Waals surface area contributed by atoms with Crippen molar-refractivity contribution in [1.29, 1.82) is 0 Å². The summed E-state index contributed by atoms with van der Waals surface area (Å²) in [5.41, 5.74) is 3.40. The highest BCUT2D eigenvalue weighted by atomic mass is 35.5. The van der Waals surface area contributed by atoms with Gasteiger partial charge in [-0.1, -0.05) is 54.4 Å². The van der Waals surface area contributed by atoms with E-state index in [1.165, 1.54) is 4.31 Å². The van der Waals surface area contributed by atoms with Crippen LogP contribution in [0.2, 0.25) is 10.0 Å². The van der Waals surface area contributed by atoms with Crippen LogP contribution in [0.4, 0.5) is 5.69 Å². The van der Waals surface area contributed by atoms with Gasteiger partial charge in [0, 0.05) is 40.3 Å². The Kier molecular flexibility index (Phi) is 7.45. The fraction of sp³-hybridized carbons (Fsp3) is 0.409. The Morgan fingerprint density at radius 2 is 1.70 bits per heavy atom. The van der Waals surface area contributed by atoms with E-state index >= 15 is 0 Å². The number of para-hydroxylation sites is 1. The lowest BCUT2D eigenvalue weighted by atomic mass is 9.96. The molecule has 0 saturated carbocycles. The molecule has 8 heteroatoms. The summed E-state index contributed by atoms with van der Waals surface area (Å²) in [5, 5.41) is 3.74. The molecule has 1 heterocycles. The minimum absolute atomic E-state index is 0.0507. The van der Waals surface area contributed by atoms with Crippen LogP contribution in [0.3, 0.4) is 0 Å². The number of rotatable bonds is 6. The van der Waals surface area contributed by atoms with E-state index in [2.05, 4.69) is 12.2 Å². The Bertz CT molecular complexity index is 1010. The lowest BCUT2D eigenvalue weighted by molar-refractivity contribution is -0.120. The lowest BCUT2D eigenvalue weighted by Gasteiger charge is -2.31. The maximum absolute atomic E-state index is 12.9. The summed E-state index contributed by atoms with van der Waals surface area (Å²) < 4.78 is 27.2. The highest BCUT2D eigenvalue weighted by Gasteiger charge is 2.32. The molecule has 5 nitrogen and oxygen atoms in total. The zero-order valence-corrected chi connectivity index (χ0v) is 19.4. The van der Waals surface area contributed by atoms with Crippen molar-refractivity contribution in [3.05, 3.63) is 63.1 Å². The molecule has 1 N–H and O–H groups in total. The number of halogens is 2. The first kappa shape index (κ1) is 23.1. The molecule has 0 radical (unpaired) electrons. The number of anilines is 1. The van der Waals surface area contributed by atoms with Crippen LogP contribution in [-0.2, 0) is 27.0 Å². The van der Waals surface area contributed by atoms with Crippen LogP contribution in [0, 0.1) is 12.8 Å². The topological polar surface area (TPSA) is 66.5 Å². The number of hydrogen-bond acceptors (Lipinski definition) is 3. The third-order valence-electron chi connectivity index (χ3n) is 5.59. The van der Waals surface area contributed by atoms with Crippen LogP contribution in [0.25, 0.3) is 0 Å². The largest absolute Gasteiger partial charge is 0.325 e. The van der Waals surface area contributed by atoms with Gasteiger partial charge in [0.2, 0.25) is 15.9 Å². The molecule has 3 rings (SSSR count). The van der Waals surface area contributed by atoms with Gasteiger partial charge in [-0.25, -0.2) is 12.7 Å². The van der Waals surface area contributed by atoms with Gasteiger partial charge < -0.3 is 5.32 Å². The number of piperidine rings is 1. The van der Waals surface area contributed by atoms with Gasteiger partial charge in [-0.05, 0) is 49.4 Å². The van der Waals surface area contributed by atoms with Crippen molar-refractivity contribution < 1.29 is 13.2 Å². The van der Waals surface area contributed by atoms with E-state index in [0.29, 0.717) is 41.5 Å². The third-order valence-corrected chi connectivity index (χ3v) is 8.11. The minimum atomic E-state index is -3.57. The van der Waals surface area contributed by atoms with Crippen molar-refractivity contribution in [2.75, 3.05) is 18.4 Å². The zero-order valence-electron chi connectivity index (χ0n) is 17.1.